The van der Waals surface area contributed by atoms with E-state index in [1.807, 2.05) is 6.20 Å². The van der Waals surface area contributed by atoms with Crippen LogP contribution in [-0.2, 0) is 19.5 Å². The minimum atomic E-state index is 0.259. The molecule has 2 heterocycles. The topological polar surface area (TPSA) is 41.5 Å². The van der Waals surface area contributed by atoms with Crippen molar-refractivity contribution in [3.05, 3.63) is 82.1 Å². The summed E-state index contributed by atoms with van der Waals surface area (Å²) >= 11 is 0. The molecule has 0 atom stereocenters. The molecule has 2 aliphatic heterocycles. The van der Waals surface area contributed by atoms with E-state index < -0.39 is 0 Å². The molecule has 34 heavy (non-hydrogen) atoms. The Morgan fingerprint density at radius 2 is 1.68 bits per heavy atom. The van der Waals surface area contributed by atoms with Crippen LogP contribution in [0.5, 0.6) is 0 Å². The van der Waals surface area contributed by atoms with Gasteiger partial charge in [-0.05, 0) is 61.4 Å². The number of fused-ring (bicyclic) bond motifs is 2. The maximum absolute atomic E-state index is 14.3. The highest BCUT2D eigenvalue weighted by atomic mass is 16.2. The quantitative estimate of drug-likeness (QED) is 0.579. The van der Waals surface area contributed by atoms with Crippen molar-refractivity contribution in [2.45, 2.75) is 82.8 Å². The molecule has 4 heteroatoms. The highest BCUT2D eigenvalue weighted by Crippen LogP contribution is 2.41. The van der Waals surface area contributed by atoms with E-state index in [1.165, 1.54) is 73.6 Å². The summed E-state index contributed by atoms with van der Waals surface area (Å²) in [5, 5.41) is 3.47. The maximum Gasteiger partial charge on any atom is 0.346 e. The van der Waals surface area contributed by atoms with Gasteiger partial charge < -0.3 is 5.32 Å². The molecule has 4 nitrogen and oxygen atoms in total. The predicted molar refractivity (Wildman–Crippen MR) is 137 cm³/mol. The van der Waals surface area contributed by atoms with E-state index in [9.17, 15) is 4.79 Å². The van der Waals surface area contributed by atoms with Gasteiger partial charge in [-0.3, -0.25) is 9.48 Å². The Bertz CT molecular complexity index is 1140. The summed E-state index contributed by atoms with van der Waals surface area (Å²) in [5.74, 6) is 1.73. The van der Waals surface area contributed by atoms with Gasteiger partial charge in [0.15, 0.2) is 0 Å². The van der Waals surface area contributed by atoms with Gasteiger partial charge in [-0.25, -0.2) is 4.79 Å². The van der Waals surface area contributed by atoms with Crippen molar-refractivity contribution >= 4 is 11.7 Å². The van der Waals surface area contributed by atoms with Gasteiger partial charge in [0.25, 0.3) is 0 Å². The number of allylic oxidation sites excluding steroid dienone is 1. The van der Waals surface area contributed by atoms with Crippen molar-refractivity contribution in [1.29, 1.82) is 0 Å². The fourth-order valence-corrected chi connectivity index (χ4v) is 6.30. The van der Waals surface area contributed by atoms with Crippen LogP contribution in [0.15, 0.2) is 53.7 Å². The Labute approximate surface area is 203 Å². The summed E-state index contributed by atoms with van der Waals surface area (Å²) < 4.78 is 0.429. The summed E-state index contributed by atoms with van der Waals surface area (Å²) in [4.78, 5) is 19.5. The highest BCUT2D eigenvalue weighted by molar-refractivity contribution is 6.04. The lowest BCUT2D eigenvalue weighted by Gasteiger charge is -2.32. The molecule has 176 valence electrons. The lowest BCUT2D eigenvalue weighted by Crippen LogP contribution is -2.45. The van der Waals surface area contributed by atoms with E-state index >= 15 is 0 Å². The van der Waals surface area contributed by atoms with Crippen LogP contribution in [0.1, 0.15) is 95.5 Å². The zero-order chi connectivity index (χ0) is 23.1. The number of hydrogen-bond acceptors (Lipinski definition) is 2. The summed E-state index contributed by atoms with van der Waals surface area (Å²) in [6, 6.07) is 13.5. The summed E-state index contributed by atoms with van der Waals surface area (Å²) in [6.45, 7) is 1.55. The molecule has 4 aliphatic rings. The SMILES string of the molecule is C[N+]1(C(=O)c2cc3c(cc2C2CCC2)CC=CNC3=NC2CCCCC2)Cc2ccccc2C1. The van der Waals surface area contributed by atoms with Gasteiger partial charge in [0.05, 0.1) is 18.7 Å². The first-order chi connectivity index (χ1) is 16.6. The van der Waals surface area contributed by atoms with Crippen LogP contribution in [0, 0.1) is 0 Å². The van der Waals surface area contributed by atoms with Gasteiger partial charge in [-0.1, -0.05) is 62.1 Å². The second-order valence-electron chi connectivity index (χ2n) is 11.0. The Balaban J connectivity index is 1.42. The van der Waals surface area contributed by atoms with E-state index in [-0.39, 0.29) is 5.91 Å². The zero-order valence-electron chi connectivity index (χ0n) is 20.4. The third-order valence-electron chi connectivity index (χ3n) is 8.52. The van der Waals surface area contributed by atoms with Gasteiger partial charge >= 0.3 is 5.91 Å². The second kappa shape index (κ2) is 8.81. The number of quaternary nitrogens is 1. The Hall–Kier alpha value is -2.72. The fraction of sp³-hybridized carbons (Fsp3) is 0.467. The number of hydrogen-bond donors (Lipinski definition) is 1. The average molecular weight is 455 g/mol. The number of carbonyl (C=O) groups excluding carboxylic acids is 1. The zero-order valence-corrected chi connectivity index (χ0v) is 20.4. The molecule has 0 saturated heterocycles. The molecule has 0 bridgehead atoms. The molecule has 2 aromatic carbocycles. The molecular formula is C30H36N3O+. The highest BCUT2D eigenvalue weighted by Gasteiger charge is 2.42. The Morgan fingerprint density at radius 1 is 0.941 bits per heavy atom. The Morgan fingerprint density at radius 3 is 2.35 bits per heavy atom. The van der Waals surface area contributed by atoms with E-state index in [0.29, 0.717) is 16.4 Å². The van der Waals surface area contributed by atoms with Gasteiger partial charge in [-0.2, -0.15) is 0 Å². The average Bonchev–Trinajstić information content (AvgIpc) is 3.06. The minimum Gasteiger partial charge on any atom is -0.347 e. The number of amidine groups is 1. The molecule has 2 saturated carbocycles. The first-order valence-electron chi connectivity index (χ1n) is 13.2. The van der Waals surface area contributed by atoms with Crippen LogP contribution in [0.2, 0.25) is 0 Å². The molecule has 2 aliphatic carbocycles. The first kappa shape index (κ1) is 21.8. The van der Waals surface area contributed by atoms with E-state index in [0.717, 1.165) is 36.5 Å². The molecular weight excluding hydrogens is 418 g/mol. The minimum absolute atomic E-state index is 0.259. The van der Waals surface area contributed by atoms with Crippen LogP contribution in [0.3, 0.4) is 0 Å². The number of nitrogens with zero attached hydrogens (tertiary/aromatic N) is 2. The van der Waals surface area contributed by atoms with Crippen LogP contribution >= 0.6 is 0 Å². The third-order valence-corrected chi connectivity index (χ3v) is 8.52. The fourth-order valence-electron chi connectivity index (χ4n) is 6.30. The number of benzene rings is 2. The largest absolute Gasteiger partial charge is 0.347 e. The predicted octanol–water partition coefficient (Wildman–Crippen LogP) is 5.99. The number of nitrogens with one attached hydrogen (secondary N) is 1. The van der Waals surface area contributed by atoms with Gasteiger partial charge in [-0.15, -0.1) is 0 Å². The van der Waals surface area contributed by atoms with Crippen LogP contribution < -0.4 is 5.32 Å². The molecule has 0 radical (unpaired) electrons. The molecule has 0 spiro atoms. The van der Waals surface area contributed by atoms with Crippen molar-refractivity contribution in [2.75, 3.05) is 7.05 Å². The Kier molecular flexibility index (Phi) is 5.65. The molecule has 0 aromatic heterocycles. The van der Waals surface area contributed by atoms with E-state index in [2.05, 4.69) is 54.8 Å². The lowest BCUT2D eigenvalue weighted by molar-refractivity contribution is -0.848. The summed E-state index contributed by atoms with van der Waals surface area (Å²) in [6.07, 6.45) is 15.0. The first-order valence-corrected chi connectivity index (χ1v) is 13.2. The maximum atomic E-state index is 14.3. The molecule has 0 unspecified atom stereocenters. The molecule has 1 amide bonds. The van der Waals surface area contributed by atoms with Gasteiger partial charge in [0, 0.05) is 16.7 Å². The van der Waals surface area contributed by atoms with Crippen molar-refractivity contribution < 1.29 is 9.28 Å². The van der Waals surface area contributed by atoms with Gasteiger partial charge in [0.2, 0.25) is 0 Å². The van der Waals surface area contributed by atoms with Crippen LogP contribution in [0.25, 0.3) is 0 Å². The van der Waals surface area contributed by atoms with Crippen molar-refractivity contribution in [2.24, 2.45) is 4.99 Å². The van der Waals surface area contributed by atoms with E-state index in [4.69, 9.17) is 4.99 Å². The normalized spacial score (nSPS) is 23.0. The molecule has 6 rings (SSSR count). The standard InChI is InChI=1S/C30H36N3O/c1-33(19-23-9-5-6-10-24(23)20-33)30(34)28-18-27-22(17-26(28)21-11-7-12-21)13-8-16-31-29(27)32-25-14-3-2-4-15-25/h5-6,8-10,16-18,21,25H,2-4,7,11-15,19-20H2,1H3,(H,31,32)/q+1. The van der Waals surface area contributed by atoms with E-state index in [1.54, 1.807) is 0 Å². The van der Waals surface area contributed by atoms with Crippen LogP contribution in [0.4, 0.5) is 0 Å². The molecule has 2 aromatic rings. The smallest absolute Gasteiger partial charge is 0.346 e. The summed E-state index contributed by atoms with van der Waals surface area (Å²) in [5.41, 5.74) is 7.26. The third kappa shape index (κ3) is 3.92. The number of rotatable bonds is 3. The molecule has 2 fully saturated rings. The molecule has 1 N–H and O–H groups in total. The summed E-state index contributed by atoms with van der Waals surface area (Å²) in [7, 11) is 2.12. The van der Waals surface area contributed by atoms with Crippen molar-refractivity contribution in [1.82, 2.24) is 5.32 Å². The van der Waals surface area contributed by atoms with Crippen molar-refractivity contribution in [3.8, 4) is 0 Å². The monoisotopic (exact) mass is 454 g/mol. The number of amides is 1. The second-order valence-corrected chi connectivity index (χ2v) is 11.0. The number of aliphatic imine (C=N–C) groups is 1. The van der Waals surface area contributed by atoms with Gasteiger partial charge in [0.1, 0.15) is 18.9 Å². The number of carbonyl (C=O) groups is 1. The van der Waals surface area contributed by atoms with Crippen molar-refractivity contribution in [3.63, 3.8) is 0 Å². The van der Waals surface area contributed by atoms with Crippen LogP contribution in [-0.4, -0.2) is 29.3 Å². The lowest BCUT2D eigenvalue weighted by atomic mass is 9.76.